The lowest BCUT2D eigenvalue weighted by Gasteiger charge is -2.49. The van der Waals surface area contributed by atoms with Crippen LogP contribution in [-0.4, -0.2) is 18.2 Å². The first kappa shape index (κ1) is 11.3. The Morgan fingerprint density at radius 2 is 1.57 bits per heavy atom. The maximum absolute atomic E-state index is 11.2. The van der Waals surface area contributed by atoms with Gasteiger partial charge in [-0.25, -0.2) is 4.79 Å². The molecule has 0 atom stereocenters. The highest BCUT2D eigenvalue weighted by molar-refractivity contribution is 5.71. The first-order valence-corrected chi connectivity index (χ1v) is 5.05. The Morgan fingerprint density at radius 1 is 1.14 bits per heavy atom. The van der Waals surface area contributed by atoms with Crippen LogP contribution in [0.5, 0.6) is 0 Å². The number of ether oxygens (including phenoxy) is 1. The van der Waals surface area contributed by atoms with Gasteiger partial charge in [0.05, 0.1) is 5.54 Å². The smallest absolute Gasteiger partial charge is 0.407 e. The van der Waals surface area contributed by atoms with Crippen LogP contribution in [-0.2, 0) is 4.74 Å². The molecule has 0 bridgehead atoms. The van der Waals surface area contributed by atoms with Crippen LogP contribution in [0, 0.1) is 10.8 Å². The van der Waals surface area contributed by atoms with Crippen molar-refractivity contribution < 1.29 is 9.53 Å². The van der Waals surface area contributed by atoms with Gasteiger partial charge in [0.1, 0.15) is 6.61 Å². The zero-order chi connectivity index (χ0) is 11.2. The molecular weight excluding hydrogens is 178 g/mol. The number of nitrogens with one attached hydrogen (secondary N) is 1. The second-order valence-corrected chi connectivity index (χ2v) is 6.11. The highest BCUT2D eigenvalue weighted by atomic mass is 16.6. The molecule has 3 nitrogen and oxygen atoms in total. The van der Waals surface area contributed by atoms with E-state index in [1.165, 1.54) is 0 Å². The number of amides is 1. The van der Waals surface area contributed by atoms with Gasteiger partial charge in [-0.05, 0) is 10.8 Å². The third kappa shape index (κ3) is 1.49. The topological polar surface area (TPSA) is 38.3 Å². The van der Waals surface area contributed by atoms with Crippen LogP contribution in [0.15, 0.2) is 0 Å². The Hall–Kier alpha value is -0.730. The molecule has 0 saturated carbocycles. The molecule has 1 rings (SSSR count). The van der Waals surface area contributed by atoms with Crippen LogP contribution < -0.4 is 5.32 Å². The molecule has 1 amide bonds. The lowest BCUT2D eigenvalue weighted by molar-refractivity contribution is 0.0285. The summed E-state index contributed by atoms with van der Waals surface area (Å²) in [6.45, 7) is 13.3. The number of hydrogen-bond acceptors (Lipinski definition) is 2. The summed E-state index contributed by atoms with van der Waals surface area (Å²) in [7, 11) is 0. The second-order valence-electron chi connectivity index (χ2n) is 6.11. The molecule has 0 radical (unpaired) electrons. The lowest BCUT2D eigenvalue weighted by Crippen LogP contribution is -2.62. The zero-order valence-corrected chi connectivity index (χ0v) is 10.0. The van der Waals surface area contributed by atoms with Gasteiger partial charge in [0.25, 0.3) is 0 Å². The first-order valence-electron chi connectivity index (χ1n) is 5.05. The monoisotopic (exact) mass is 199 g/mol. The first-order chi connectivity index (χ1) is 6.10. The van der Waals surface area contributed by atoms with E-state index in [9.17, 15) is 4.79 Å². The average molecular weight is 199 g/mol. The van der Waals surface area contributed by atoms with Gasteiger partial charge >= 0.3 is 6.09 Å². The summed E-state index contributed by atoms with van der Waals surface area (Å²) in [5.41, 5.74) is -0.314. The summed E-state index contributed by atoms with van der Waals surface area (Å²) in [5, 5.41) is 2.99. The quantitative estimate of drug-likeness (QED) is 0.651. The van der Waals surface area contributed by atoms with Gasteiger partial charge < -0.3 is 10.1 Å². The number of hydrogen-bond donors (Lipinski definition) is 1. The summed E-state index contributed by atoms with van der Waals surface area (Å²) in [6.07, 6.45) is -0.296. The van der Waals surface area contributed by atoms with Crippen molar-refractivity contribution in [2.45, 2.75) is 47.1 Å². The molecule has 0 aliphatic carbocycles. The predicted molar refractivity (Wildman–Crippen MR) is 56.1 cm³/mol. The molecule has 0 aromatic heterocycles. The minimum Gasteiger partial charge on any atom is -0.447 e. The number of carbonyl (C=O) groups is 1. The molecule has 1 N–H and O–H groups in total. The Kier molecular flexibility index (Phi) is 2.33. The molecule has 1 aliphatic rings. The number of cyclic esters (lactones) is 1. The largest absolute Gasteiger partial charge is 0.447 e. The summed E-state index contributed by atoms with van der Waals surface area (Å²) in [6, 6.07) is 0. The highest BCUT2D eigenvalue weighted by Crippen LogP contribution is 2.45. The van der Waals surface area contributed by atoms with Gasteiger partial charge in [0, 0.05) is 0 Å². The van der Waals surface area contributed by atoms with Crippen LogP contribution >= 0.6 is 0 Å². The Morgan fingerprint density at radius 3 is 1.71 bits per heavy atom. The van der Waals surface area contributed by atoms with E-state index in [0.29, 0.717) is 6.61 Å². The minimum absolute atomic E-state index is 0.0165. The zero-order valence-electron chi connectivity index (χ0n) is 10.0. The molecule has 0 aromatic carbocycles. The Bertz CT molecular complexity index is 231. The maximum atomic E-state index is 11.2. The third-order valence-corrected chi connectivity index (χ3v) is 3.30. The average Bonchev–Trinajstić information content (AvgIpc) is 2.28. The van der Waals surface area contributed by atoms with E-state index < -0.39 is 0 Å². The van der Waals surface area contributed by atoms with E-state index in [-0.39, 0.29) is 22.5 Å². The second kappa shape index (κ2) is 2.88. The van der Waals surface area contributed by atoms with Gasteiger partial charge in [-0.15, -0.1) is 0 Å². The Labute approximate surface area is 86.2 Å². The fourth-order valence-electron chi connectivity index (χ4n) is 2.35. The summed E-state index contributed by atoms with van der Waals surface area (Å²) < 4.78 is 5.07. The molecule has 82 valence electrons. The predicted octanol–water partition coefficient (Wildman–Crippen LogP) is 2.56. The minimum atomic E-state index is -0.296. The lowest BCUT2D eigenvalue weighted by atomic mass is 9.61. The van der Waals surface area contributed by atoms with Crippen LogP contribution in [0.1, 0.15) is 41.5 Å². The summed E-state index contributed by atoms with van der Waals surface area (Å²) >= 11 is 0. The molecule has 0 spiro atoms. The van der Waals surface area contributed by atoms with Crippen molar-refractivity contribution in [1.29, 1.82) is 0 Å². The van der Waals surface area contributed by atoms with E-state index in [0.717, 1.165) is 0 Å². The van der Waals surface area contributed by atoms with Gasteiger partial charge in [-0.2, -0.15) is 0 Å². The maximum Gasteiger partial charge on any atom is 0.407 e. The van der Waals surface area contributed by atoms with Gasteiger partial charge in [-0.1, -0.05) is 41.5 Å². The van der Waals surface area contributed by atoms with Crippen molar-refractivity contribution in [2.24, 2.45) is 10.8 Å². The van der Waals surface area contributed by atoms with E-state index >= 15 is 0 Å². The molecule has 0 unspecified atom stereocenters. The van der Waals surface area contributed by atoms with Gasteiger partial charge in [-0.3, -0.25) is 0 Å². The fourth-order valence-corrected chi connectivity index (χ4v) is 2.35. The molecular formula is C11H21NO2. The van der Waals surface area contributed by atoms with Crippen LogP contribution in [0.25, 0.3) is 0 Å². The fraction of sp³-hybridized carbons (Fsp3) is 0.909. The molecule has 1 saturated heterocycles. The third-order valence-electron chi connectivity index (χ3n) is 3.30. The van der Waals surface area contributed by atoms with Crippen LogP contribution in [0.2, 0.25) is 0 Å². The summed E-state index contributed by atoms with van der Waals surface area (Å²) in [5.74, 6) is 0. The molecule has 3 heteroatoms. The standard InChI is InChI=1S/C11H21NO2/c1-9(2,3)11(10(4,5)6)7-14-8(13)12-11/h7H2,1-6H3,(H,12,13). The normalized spacial score (nSPS) is 21.7. The highest BCUT2D eigenvalue weighted by Gasteiger charge is 2.55. The summed E-state index contributed by atoms with van der Waals surface area (Å²) in [4.78, 5) is 11.2. The number of alkyl carbamates (subject to hydrolysis) is 1. The molecule has 1 heterocycles. The SMILES string of the molecule is CC(C)(C)C1(C(C)(C)C)COC(=O)N1. The number of rotatable bonds is 0. The van der Waals surface area contributed by atoms with Crippen molar-refractivity contribution in [1.82, 2.24) is 5.32 Å². The van der Waals surface area contributed by atoms with Crippen molar-refractivity contribution in [2.75, 3.05) is 6.61 Å². The van der Waals surface area contributed by atoms with E-state index in [1.54, 1.807) is 0 Å². The van der Waals surface area contributed by atoms with Crippen molar-refractivity contribution >= 4 is 6.09 Å². The van der Waals surface area contributed by atoms with Crippen LogP contribution in [0.3, 0.4) is 0 Å². The molecule has 0 aromatic rings. The molecule has 1 fully saturated rings. The van der Waals surface area contributed by atoms with E-state index in [4.69, 9.17) is 4.74 Å². The van der Waals surface area contributed by atoms with Gasteiger partial charge in [0.2, 0.25) is 0 Å². The van der Waals surface area contributed by atoms with Crippen molar-refractivity contribution in [3.8, 4) is 0 Å². The molecule has 1 aliphatic heterocycles. The van der Waals surface area contributed by atoms with E-state index in [1.807, 2.05) is 0 Å². The van der Waals surface area contributed by atoms with E-state index in [2.05, 4.69) is 46.9 Å². The van der Waals surface area contributed by atoms with Crippen molar-refractivity contribution in [3.63, 3.8) is 0 Å². The van der Waals surface area contributed by atoms with Crippen LogP contribution in [0.4, 0.5) is 4.79 Å². The van der Waals surface area contributed by atoms with Crippen molar-refractivity contribution in [3.05, 3.63) is 0 Å². The Balaban J connectivity index is 3.12. The molecule has 14 heavy (non-hydrogen) atoms. The number of carbonyl (C=O) groups excluding carboxylic acids is 1. The van der Waals surface area contributed by atoms with Gasteiger partial charge in [0.15, 0.2) is 0 Å².